The van der Waals surface area contributed by atoms with Gasteiger partial charge in [-0.2, -0.15) is 9.97 Å². The van der Waals surface area contributed by atoms with Crippen molar-refractivity contribution in [3.63, 3.8) is 0 Å². The molecule has 0 spiro atoms. The molecule has 0 bridgehead atoms. The highest BCUT2D eigenvalue weighted by atomic mass is 35.5. The minimum atomic E-state index is -0.0536. The molecule has 10 nitrogen and oxygen atoms in total. The van der Waals surface area contributed by atoms with Crippen LogP contribution in [0.1, 0.15) is 27.7 Å². The van der Waals surface area contributed by atoms with E-state index in [9.17, 15) is 9.59 Å². The molecule has 0 unspecified atom stereocenters. The van der Waals surface area contributed by atoms with Gasteiger partial charge in [0.15, 0.2) is 11.6 Å². The predicted octanol–water partition coefficient (Wildman–Crippen LogP) is 2.62. The number of aromatic nitrogens is 4. The number of hydrogen-bond donors (Lipinski definition) is 1. The summed E-state index contributed by atoms with van der Waals surface area (Å²) in [4.78, 5) is 44.6. The lowest BCUT2D eigenvalue weighted by Crippen LogP contribution is -2.47. The van der Waals surface area contributed by atoms with E-state index in [0.29, 0.717) is 30.3 Å². The molecule has 31 heavy (non-hydrogen) atoms. The fourth-order valence-corrected chi connectivity index (χ4v) is 3.45. The van der Waals surface area contributed by atoms with Crippen molar-refractivity contribution in [2.45, 2.75) is 39.8 Å². The molecule has 2 aliphatic heterocycles. The zero-order chi connectivity index (χ0) is 22.9. The second-order valence-electron chi connectivity index (χ2n) is 7.67. The number of halogens is 2. The van der Waals surface area contributed by atoms with E-state index < -0.39 is 0 Å². The molecule has 0 atom stereocenters. The molecule has 0 aromatic carbocycles. The molecule has 12 heteroatoms. The molecule has 0 fully saturated rings. The fourth-order valence-electron chi connectivity index (χ4n) is 3.19. The maximum atomic E-state index is 11.8. The molecule has 1 N–H and O–H groups in total. The van der Waals surface area contributed by atoms with Crippen LogP contribution in [0.25, 0.3) is 0 Å². The lowest BCUT2D eigenvalue weighted by molar-refractivity contribution is -0.117. The Morgan fingerprint density at radius 2 is 1.45 bits per heavy atom. The summed E-state index contributed by atoms with van der Waals surface area (Å²) in [5.74, 6) is 1.39. The molecule has 0 saturated carbocycles. The number of likely N-dealkylation sites (N-methyl/N-ethyl adjacent to an activating group) is 1. The number of nitrogens with one attached hydrogen (secondary N) is 1. The van der Waals surface area contributed by atoms with Crippen molar-refractivity contribution in [3.8, 4) is 0 Å². The number of amides is 2. The van der Waals surface area contributed by atoms with Crippen LogP contribution in [0.4, 0.5) is 23.0 Å². The summed E-state index contributed by atoms with van der Waals surface area (Å²) in [7, 11) is 1.72. The fraction of sp³-hybridized carbons (Fsp3) is 0.474. The minimum absolute atomic E-state index is 0.0344. The maximum absolute atomic E-state index is 11.8. The predicted molar refractivity (Wildman–Crippen MR) is 121 cm³/mol. The van der Waals surface area contributed by atoms with Crippen LogP contribution in [0.15, 0.2) is 12.4 Å². The summed E-state index contributed by atoms with van der Waals surface area (Å²) in [6, 6.07) is 0.392. The largest absolute Gasteiger partial charge is 0.343 e. The smallest absolute Gasteiger partial charge is 0.246 e. The van der Waals surface area contributed by atoms with Crippen molar-refractivity contribution in [2.24, 2.45) is 0 Å². The Morgan fingerprint density at radius 3 is 2.06 bits per heavy atom. The molecule has 0 aliphatic carbocycles. The Balaban J connectivity index is 0.000000176. The second-order valence-corrected chi connectivity index (χ2v) is 8.34. The number of hydrogen-bond acceptors (Lipinski definition) is 8. The first-order chi connectivity index (χ1) is 14.6. The molecule has 2 aromatic rings. The summed E-state index contributed by atoms with van der Waals surface area (Å²) < 4.78 is 0. The lowest BCUT2D eigenvalue weighted by Gasteiger charge is -2.36. The first kappa shape index (κ1) is 23.0. The molecule has 4 heterocycles. The Hall–Kier alpha value is -2.72. The standard InChI is InChI=1S/C10H13ClN4O.C9H11ClN4O/c1-6(2)15-5-8(16)14(3)7-4-12-10(11)13-9(7)15;1-5(2)14-4-7(15)12-6-3-11-9(10)13-8(6)14/h4,6H,5H2,1-3H3;3,5H,4H2,1-2H3,(H,12,15). The molecule has 2 aromatic heterocycles. The molecular formula is C19H24Cl2N8O2. The average molecular weight is 467 g/mol. The van der Waals surface area contributed by atoms with E-state index in [-0.39, 0.29) is 34.5 Å². The monoisotopic (exact) mass is 466 g/mol. The third-order valence-corrected chi connectivity index (χ3v) is 5.24. The first-order valence-corrected chi connectivity index (χ1v) is 10.5. The lowest BCUT2D eigenvalue weighted by atomic mass is 10.2. The molecule has 4 rings (SSSR count). The molecule has 2 aliphatic rings. The first-order valence-electron chi connectivity index (χ1n) is 9.73. The number of fused-ring (bicyclic) bond motifs is 2. The van der Waals surface area contributed by atoms with Gasteiger partial charge in [0.05, 0.1) is 25.5 Å². The summed E-state index contributed by atoms with van der Waals surface area (Å²) in [6.07, 6.45) is 3.11. The van der Waals surface area contributed by atoms with Gasteiger partial charge in [-0.3, -0.25) is 9.59 Å². The van der Waals surface area contributed by atoms with Gasteiger partial charge < -0.3 is 20.0 Å². The Labute approximate surface area is 190 Å². The van der Waals surface area contributed by atoms with Crippen LogP contribution < -0.4 is 20.0 Å². The van der Waals surface area contributed by atoms with E-state index in [1.165, 1.54) is 6.20 Å². The van der Waals surface area contributed by atoms with Gasteiger partial charge in [-0.25, -0.2) is 9.97 Å². The van der Waals surface area contributed by atoms with Crippen molar-refractivity contribution >= 4 is 58.0 Å². The van der Waals surface area contributed by atoms with Crippen LogP contribution >= 0.6 is 23.2 Å². The van der Waals surface area contributed by atoms with Crippen LogP contribution in [-0.2, 0) is 9.59 Å². The van der Waals surface area contributed by atoms with Crippen molar-refractivity contribution in [3.05, 3.63) is 23.0 Å². The van der Waals surface area contributed by atoms with Gasteiger partial charge >= 0.3 is 0 Å². The maximum Gasteiger partial charge on any atom is 0.246 e. The van der Waals surface area contributed by atoms with E-state index in [1.54, 1.807) is 18.1 Å². The van der Waals surface area contributed by atoms with Crippen LogP contribution in [0.5, 0.6) is 0 Å². The van der Waals surface area contributed by atoms with Gasteiger partial charge in [0.25, 0.3) is 0 Å². The SMILES string of the molecule is CC(C)N1CC(=O)N(C)c2cnc(Cl)nc21.CC(C)N1CC(=O)Nc2cnc(Cl)nc21. The van der Waals surface area contributed by atoms with Crippen LogP contribution in [0.3, 0.4) is 0 Å². The van der Waals surface area contributed by atoms with E-state index in [4.69, 9.17) is 23.2 Å². The highest BCUT2D eigenvalue weighted by Gasteiger charge is 2.30. The number of carbonyl (C=O) groups excluding carboxylic acids is 2. The topological polar surface area (TPSA) is 107 Å². The van der Waals surface area contributed by atoms with Crippen molar-refractivity contribution in [2.75, 3.05) is 40.2 Å². The third-order valence-electron chi connectivity index (χ3n) is 4.88. The normalized spacial score (nSPS) is 15.5. The third kappa shape index (κ3) is 4.96. The summed E-state index contributed by atoms with van der Waals surface area (Å²) >= 11 is 11.5. The molecule has 0 radical (unpaired) electrons. The van der Waals surface area contributed by atoms with Gasteiger partial charge in [-0.1, -0.05) is 0 Å². The van der Waals surface area contributed by atoms with Crippen molar-refractivity contribution < 1.29 is 9.59 Å². The Morgan fingerprint density at radius 1 is 0.903 bits per heavy atom. The van der Waals surface area contributed by atoms with E-state index >= 15 is 0 Å². The summed E-state index contributed by atoms with van der Waals surface area (Å²) in [5.41, 5.74) is 1.32. The highest BCUT2D eigenvalue weighted by molar-refractivity contribution is 6.28. The van der Waals surface area contributed by atoms with Crippen molar-refractivity contribution in [1.82, 2.24) is 19.9 Å². The van der Waals surface area contributed by atoms with Crippen LogP contribution in [0.2, 0.25) is 10.6 Å². The van der Waals surface area contributed by atoms with E-state index in [0.717, 1.165) is 5.82 Å². The molecular weight excluding hydrogens is 443 g/mol. The van der Waals surface area contributed by atoms with Gasteiger partial charge in [-0.05, 0) is 50.9 Å². The number of nitrogens with zero attached hydrogens (tertiary/aromatic N) is 7. The number of carbonyl (C=O) groups is 2. The zero-order valence-electron chi connectivity index (χ0n) is 17.9. The van der Waals surface area contributed by atoms with Gasteiger partial charge in [0.2, 0.25) is 22.4 Å². The van der Waals surface area contributed by atoms with E-state index in [2.05, 4.69) is 25.3 Å². The Kier molecular flexibility index (Phi) is 6.80. The average Bonchev–Trinajstić information content (AvgIpc) is 2.70. The van der Waals surface area contributed by atoms with Gasteiger partial charge in [-0.15, -0.1) is 0 Å². The molecule has 0 saturated heterocycles. The van der Waals surface area contributed by atoms with Crippen LogP contribution in [-0.4, -0.2) is 64.0 Å². The summed E-state index contributed by atoms with van der Waals surface area (Å²) in [5, 5.41) is 3.10. The minimum Gasteiger partial charge on any atom is -0.343 e. The number of rotatable bonds is 2. The second kappa shape index (κ2) is 9.19. The summed E-state index contributed by atoms with van der Waals surface area (Å²) in [6.45, 7) is 8.65. The number of anilines is 4. The highest BCUT2D eigenvalue weighted by Crippen LogP contribution is 2.32. The quantitative estimate of drug-likeness (QED) is 0.672. The molecule has 166 valence electrons. The van der Waals surface area contributed by atoms with E-state index in [1.807, 2.05) is 37.5 Å². The van der Waals surface area contributed by atoms with Crippen LogP contribution in [0, 0.1) is 0 Å². The Bertz CT molecular complexity index is 1000. The van der Waals surface area contributed by atoms with Gasteiger partial charge in [0, 0.05) is 19.1 Å². The zero-order valence-corrected chi connectivity index (χ0v) is 19.4. The molecule has 2 amide bonds. The van der Waals surface area contributed by atoms with Gasteiger partial charge in [0.1, 0.15) is 11.4 Å². The van der Waals surface area contributed by atoms with Crippen molar-refractivity contribution in [1.29, 1.82) is 0 Å².